The highest BCUT2D eigenvalue weighted by Crippen LogP contribution is 2.26. The molecule has 5 heteroatoms. The average molecular weight is 312 g/mol. The lowest BCUT2D eigenvalue weighted by molar-refractivity contribution is 0.225. The van der Waals surface area contributed by atoms with Gasteiger partial charge in [-0.2, -0.15) is 0 Å². The van der Waals surface area contributed by atoms with Gasteiger partial charge in [-0.25, -0.2) is 4.98 Å². The van der Waals surface area contributed by atoms with E-state index >= 15 is 0 Å². The third-order valence-corrected chi connectivity index (χ3v) is 3.99. The topological polar surface area (TPSA) is 31.4 Å². The van der Waals surface area contributed by atoms with Crippen LogP contribution in [0, 0.1) is 0 Å². The number of rotatable bonds is 7. The molecule has 0 saturated carbocycles. The minimum Gasteiger partial charge on any atom is -0.494 e. The van der Waals surface area contributed by atoms with E-state index in [9.17, 15) is 0 Å². The van der Waals surface area contributed by atoms with E-state index in [1.54, 1.807) is 11.3 Å². The molecule has 0 aliphatic rings. The Balaban J connectivity index is 1.95. The average Bonchev–Trinajstić information content (AvgIpc) is 2.95. The maximum absolute atomic E-state index is 5.87. The molecule has 2 rings (SSSR count). The largest absolute Gasteiger partial charge is 0.494 e. The van der Waals surface area contributed by atoms with Crippen molar-refractivity contribution >= 4 is 22.9 Å². The van der Waals surface area contributed by atoms with Crippen LogP contribution in [0.25, 0.3) is 0 Å². The number of halogens is 1. The fourth-order valence-electron chi connectivity index (χ4n) is 1.66. The van der Waals surface area contributed by atoms with Gasteiger partial charge in [0.2, 0.25) is 0 Å². The summed E-state index contributed by atoms with van der Waals surface area (Å²) in [6, 6.07) is 7.67. The molecule has 0 radical (unpaired) electrons. The molecule has 0 aliphatic carbocycles. The highest BCUT2D eigenvalue weighted by molar-refractivity contribution is 7.09. The molecule has 1 heterocycles. The summed E-state index contributed by atoms with van der Waals surface area (Å²) in [5.41, 5.74) is 0.894. The summed E-state index contributed by atoms with van der Waals surface area (Å²) in [6.07, 6.45) is 0.918. The van der Waals surface area contributed by atoms with Crippen LogP contribution in [0.3, 0.4) is 0 Å². The van der Waals surface area contributed by atoms with Crippen LogP contribution in [-0.4, -0.2) is 11.6 Å². The second-order valence-corrected chi connectivity index (χ2v) is 5.55. The fraction of sp³-hybridized carbons (Fsp3) is 0.400. The first-order valence-corrected chi connectivity index (χ1v) is 8.04. The van der Waals surface area contributed by atoms with Gasteiger partial charge in [0.05, 0.1) is 18.2 Å². The van der Waals surface area contributed by atoms with Crippen molar-refractivity contribution in [1.29, 1.82) is 0 Å². The molecule has 3 nitrogen and oxygen atoms in total. The standard InChI is InChI=1S/C15H18ClNO2S/c1-3-8-18-13-4-6-14(7-5-13)19-11(2)15-17-12(9-16)10-20-15/h4-7,10-11H,3,8-9H2,1-2H3. The third kappa shape index (κ3) is 4.12. The summed E-state index contributed by atoms with van der Waals surface area (Å²) in [6.45, 7) is 4.80. The van der Waals surface area contributed by atoms with Gasteiger partial charge in [-0.3, -0.25) is 0 Å². The molecular formula is C15H18ClNO2S. The number of ether oxygens (including phenoxy) is 2. The highest BCUT2D eigenvalue weighted by Gasteiger charge is 2.12. The summed E-state index contributed by atoms with van der Waals surface area (Å²) >= 11 is 7.32. The molecule has 0 N–H and O–H groups in total. The molecule has 1 atom stereocenters. The third-order valence-electron chi connectivity index (χ3n) is 2.66. The number of hydrogen-bond acceptors (Lipinski definition) is 4. The van der Waals surface area contributed by atoms with E-state index in [-0.39, 0.29) is 6.10 Å². The quantitative estimate of drug-likeness (QED) is 0.688. The molecule has 108 valence electrons. The molecule has 1 aromatic carbocycles. The Labute approximate surface area is 128 Å². The van der Waals surface area contributed by atoms with Gasteiger partial charge in [0, 0.05) is 5.38 Å². The van der Waals surface area contributed by atoms with Gasteiger partial charge in [0.1, 0.15) is 22.6 Å². The van der Waals surface area contributed by atoms with Crippen LogP contribution in [0.2, 0.25) is 0 Å². The predicted molar refractivity (Wildman–Crippen MR) is 82.9 cm³/mol. The Hall–Kier alpha value is -1.26. The van der Waals surface area contributed by atoms with E-state index in [0.717, 1.165) is 35.2 Å². The summed E-state index contributed by atoms with van der Waals surface area (Å²) in [4.78, 5) is 4.42. The summed E-state index contributed by atoms with van der Waals surface area (Å²) in [5.74, 6) is 2.11. The predicted octanol–water partition coefficient (Wildman–Crippen LogP) is 4.81. The highest BCUT2D eigenvalue weighted by atomic mass is 35.5. The fourth-order valence-corrected chi connectivity index (χ4v) is 2.69. The molecule has 0 saturated heterocycles. The van der Waals surface area contributed by atoms with Crippen LogP contribution in [0.5, 0.6) is 11.5 Å². The number of aromatic nitrogens is 1. The monoisotopic (exact) mass is 311 g/mol. The number of benzene rings is 1. The van der Waals surface area contributed by atoms with Gasteiger partial charge >= 0.3 is 0 Å². The molecule has 0 spiro atoms. The summed E-state index contributed by atoms with van der Waals surface area (Å²) < 4.78 is 11.4. The Morgan fingerprint density at radius 2 is 1.95 bits per heavy atom. The van der Waals surface area contributed by atoms with E-state index in [1.807, 2.05) is 36.6 Å². The Kier molecular flexibility index (Phi) is 5.68. The van der Waals surface area contributed by atoms with Crippen LogP contribution >= 0.6 is 22.9 Å². The first-order valence-electron chi connectivity index (χ1n) is 6.62. The first-order chi connectivity index (χ1) is 9.72. The second kappa shape index (κ2) is 7.50. The smallest absolute Gasteiger partial charge is 0.147 e. The number of alkyl halides is 1. The van der Waals surface area contributed by atoms with Crippen molar-refractivity contribution in [3.63, 3.8) is 0 Å². The van der Waals surface area contributed by atoms with Gasteiger partial charge in [0.15, 0.2) is 0 Å². The van der Waals surface area contributed by atoms with Gasteiger partial charge in [0.25, 0.3) is 0 Å². The van der Waals surface area contributed by atoms with Crippen LogP contribution in [0.4, 0.5) is 0 Å². The SMILES string of the molecule is CCCOc1ccc(OC(C)c2nc(CCl)cs2)cc1. The molecule has 0 bridgehead atoms. The lowest BCUT2D eigenvalue weighted by atomic mass is 10.3. The minimum absolute atomic E-state index is 0.0839. The molecule has 2 aromatic rings. The minimum atomic E-state index is -0.0839. The first kappa shape index (κ1) is 15.1. The zero-order valence-corrected chi connectivity index (χ0v) is 13.2. The molecule has 0 amide bonds. The van der Waals surface area contributed by atoms with E-state index < -0.39 is 0 Å². The summed E-state index contributed by atoms with van der Waals surface area (Å²) in [7, 11) is 0. The number of thiazole rings is 1. The molecule has 0 fully saturated rings. The maximum Gasteiger partial charge on any atom is 0.147 e. The van der Waals surface area contributed by atoms with Gasteiger partial charge in [-0.05, 0) is 37.6 Å². The maximum atomic E-state index is 5.87. The Morgan fingerprint density at radius 3 is 2.55 bits per heavy atom. The van der Waals surface area contributed by atoms with Crippen molar-refractivity contribution in [3.05, 3.63) is 40.3 Å². The van der Waals surface area contributed by atoms with Crippen molar-refractivity contribution in [2.24, 2.45) is 0 Å². The van der Waals surface area contributed by atoms with Crippen molar-refractivity contribution < 1.29 is 9.47 Å². The molecule has 0 aliphatic heterocycles. The Morgan fingerprint density at radius 1 is 1.25 bits per heavy atom. The molecule has 20 heavy (non-hydrogen) atoms. The van der Waals surface area contributed by atoms with Crippen LogP contribution in [0.15, 0.2) is 29.6 Å². The van der Waals surface area contributed by atoms with Crippen molar-refractivity contribution in [3.8, 4) is 11.5 Å². The van der Waals surface area contributed by atoms with Crippen molar-refractivity contribution in [1.82, 2.24) is 4.98 Å². The van der Waals surface area contributed by atoms with Gasteiger partial charge in [-0.1, -0.05) is 6.92 Å². The van der Waals surface area contributed by atoms with Crippen LogP contribution in [-0.2, 0) is 5.88 Å². The van der Waals surface area contributed by atoms with Crippen molar-refractivity contribution in [2.75, 3.05) is 6.61 Å². The lowest BCUT2D eigenvalue weighted by Gasteiger charge is -2.12. The van der Waals surface area contributed by atoms with Gasteiger partial charge in [-0.15, -0.1) is 22.9 Å². The molecule has 1 aromatic heterocycles. The molecule has 1 unspecified atom stereocenters. The van der Waals surface area contributed by atoms with Crippen LogP contribution in [0.1, 0.15) is 37.1 Å². The van der Waals surface area contributed by atoms with Crippen LogP contribution < -0.4 is 9.47 Å². The normalized spacial score (nSPS) is 12.2. The Bertz CT molecular complexity index is 527. The number of hydrogen-bond donors (Lipinski definition) is 0. The zero-order valence-electron chi connectivity index (χ0n) is 11.6. The second-order valence-electron chi connectivity index (χ2n) is 4.39. The van der Waals surface area contributed by atoms with E-state index in [2.05, 4.69) is 11.9 Å². The van der Waals surface area contributed by atoms with E-state index in [4.69, 9.17) is 21.1 Å². The summed E-state index contributed by atoms with van der Waals surface area (Å²) in [5, 5.41) is 2.90. The van der Waals surface area contributed by atoms with Crippen molar-refractivity contribution in [2.45, 2.75) is 32.3 Å². The lowest BCUT2D eigenvalue weighted by Crippen LogP contribution is -2.03. The van der Waals surface area contributed by atoms with E-state index in [0.29, 0.717) is 5.88 Å². The van der Waals surface area contributed by atoms with Gasteiger partial charge < -0.3 is 9.47 Å². The number of nitrogens with zero attached hydrogens (tertiary/aromatic N) is 1. The van der Waals surface area contributed by atoms with E-state index in [1.165, 1.54) is 0 Å². The zero-order chi connectivity index (χ0) is 14.4. The molecular weight excluding hydrogens is 294 g/mol.